The average molecular weight is 429 g/mol. The van der Waals surface area contributed by atoms with Gasteiger partial charge in [0.1, 0.15) is 14.8 Å². The number of benzene rings is 2. The second-order valence-corrected chi connectivity index (χ2v) is 8.39. The van der Waals surface area contributed by atoms with Gasteiger partial charge in [0, 0.05) is 29.9 Å². The molecule has 0 N–H and O–H groups in total. The zero-order chi connectivity index (χ0) is 21.7. The first kappa shape index (κ1) is 19.5. The van der Waals surface area contributed by atoms with E-state index in [1.165, 1.54) is 11.3 Å². The predicted octanol–water partition coefficient (Wildman–Crippen LogP) is 2.82. The van der Waals surface area contributed by atoms with E-state index in [9.17, 15) is 14.4 Å². The number of nitrogens with zero attached hydrogens (tertiary/aromatic N) is 2. The molecule has 31 heavy (non-hydrogen) atoms. The lowest BCUT2D eigenvalue weighted by molar-refractivity contribution is 0.102. The number of ketones is 2. The van der Waals surface area contributed by atoms with Crippen LogP contribution in [0.5, 0.6) is 0 Å². The van der Waals surface area contributed by atoms with E-state index in [0.29, 0.717) is 33.4 Å². The van der Waals surface area contributed by atoms with Crippen molar-refractivity contribution in [3.63, 3.8) is 0 Å². The molecule has 2 aromatic carbocycles. The fraction of sp³-hybridized carbons (Fsp3) is 0.160. The molecule has 0 radical (unpaired) electrons. The summed E-state index contributed by atoms with van der Waals surface area (Å²) in [5.41, 5.74) is 3.65. The van der Waals surface area contributed by atoms with Crippen molar-refractivity contribution in [3.8, 4) is 0 Å². The Morgan fingerprint density at radius 1 is 0.806 bits per heavy atom. The Hall–Kier alpha value is -3.51. The number of para-hydroxylation sites is 1. The highest BCUT2D eigenvalue weighted by Crippen LogP contribution is 2.30. The van der Waals surface area contributed by atoms with Gasteiger partial charge in [-0.2, -0.15) is 0 Å². The number of hydrogen-bond acceptors (Lipinski definition) is 5. The van der Waals surface area contributed by atoms with E-state index in [1.807, 2.05) is 50.3 Å². The van der Waals surface area contributed by atoms with Gasteiger partial charge in [0.15, 0.2) is 0 Å². The van der Waals surface area contributed by atoms with Crippen molar-refractivity contribution in [1.29, 1.82) is 0 Å². The molecule has 0 amide bonds. The van der Waals surface area contributed by atoms with Crippen LogP contribution < -0.4 is 19.7 Å². The Morgan fingerprint density at radius 3 is 2.10 bits per heavy atom. The van der Waals surface area contributed by atoms with Gasteiger partial charge in [0.05, 0.1) is 5.70 Å². The van der Waals surface area contributed by atoms with E-state index >= 15 is 0 Å². The summed E-state index contributed by atoms with van der Waals surface area (Å²) in [5.74, 6) is -0.616. The molecule has 6 heteroatoms. The highest BCUT2D eigenvalue weighted by Gasteiger charge is 2.35. The summed E-state index contributed by atoms with van der Waals surface area (Å²) < 4.78 is 2.52. The number of anilines is 1. The van der Waals surface area contributed by atoms with Gasteiger partial charge in [-0.25, -0.2) is 0 Å². The molecule has 0 unspecified atom stereocenters. The maximum atomic E-state index is 13.4. The Bertz CT molecular complexity index is 1440. The quantitative estimate of drug-likeness (QED) is 0.630. The standard InChI is InChI=1S/C25H20N2O3S/c1-3-26-18-12-8-5-9-15(18)13-14-19(26)23-24(30)27(4-2)25(31-23)20-21(28)16-10-6-7-11-17(16)22(20)29/h5-14H,3-4H2,1-2H3/b23-19+. The molecule has 1 aliphatic carbocycles. The molecule has 5 nitrogen and oxygen atoms in total. The number of likely N-dealkylation sites (N-methyl/N-ethyl adjacent to an activating group) is 1. The minimum absolute atomic E-state index is 0.0974. The maximum Gasteiger partial charge on any atom is 0.271 e. The summed E-state index contributed by atoms with van der Waals surface area (Å²) in [6.07, 6.45) is 3.95. The molecule has 5 rings (SSSR count). The molecule has 1 aromatic heterocycles. The third kappa shape index (κ3) is 2.79. The van der Waals surface area contributed by atoms with E-state index in [0.717, 1.165) is 16.9 Å². The molecule has 0 spiro atoms. The lowest BCUT2D eigenvalue weighted by Gasteiger charge is -2.28. The number of carbonyl (C=O) groups is 2. The molecule has 1 aliphatic heterocycles. The van der Waals surface area contributed by atoms with Gasteiger partial charge < -0.3 is 4.90 Å². The Balaban J connectivity index is 1.84. The van der Waals surface area contributed by atoms with E-state index < -0.39 is 0 Å². The number of rotatable bonds is 2. The van der Waals surface area contributed by atoms with Gasteiger partial charge in [-0.05, 0) is 31.6 Å². The number of aromatic nitrogens is 1. The van der Waals surface area contributed by atoms with E-state index in [-0.39, 0.29) is 22.7 Å². The number of fused-ring (bicyclic) bond motifs is 2. The zero-order valence-electron chi connectivity index (χ0n) is 17.2. The van der Waals surface area contributed by atoms with Crippen LogP contribution in [0.1, 0.15) is 40.1 Å². The second-order valence-electron chi connectivity index (χ2n) is 7.39. The number of Topliss-reactive ketones (excluding diaryl/α,β-unsaturated/α-hetero) is 2. The first-order valence-corrected chi connectivity index (χ1v) is 11.1. The first-order valence-electron chi connectivity index (χ1n) is 10.3. The van der Waals surface area contributed by atoms with Gasteiger partial charge in [0.25, 0.3) is 5.56 Å². The van der Waals surface area contributed by atoms with Gasteiger partial charge in [-0.1, -0.05) is 48.5 Å². The second kappa shape index (κ2) is 7.32. The van der Waals surface area contributed by atoms with Gasteiger partial charge in [-0.3, -0.25) is 19.0 Å². The Labute approximate surface area is 182 Å². The SMILES string of the molecule is CCN1/C(=c2/sc(=C3C(=O)c4ccccc4C3=O)n(CC)c2=O)C=Cc2ccccc21. The molecule has 154 valence electrons. The minimum Gasteiger partial charge on any atom is -0.340 e. The van der Waals surface area contributed by atoms with Gasteiger partial charge >= 0.3 is 0 Å². The number of hydrogen-bond donors (Lipinski definition) is 0. The number of carbonyl (C=O) groups excluding carboxylic acids is 2. The summed E-state index contributed by atoms with van der Waals surface area (Å²) in [6.45, 7) is 4.96. The van der Waals surface area contributed by atoms with Crippen molar-refractivity contribution in [2.75, 3.05) is 11.4 Å². The van der Waals surface area contributed by atoms with Crippen molar-refractivity contribution >= 4 is 45.9 Å². The van der Waals surface area contributed by atoms with E-state index in [2.05, 4.69) is 4.90 Å². The third-order valence-corrected chi connectivity index (χ3v) is 6.98. The van der Waals surface area contributed by atoms with Crippen LogP contribution in [0.15, 0.2) is 59.4 Å². The third-order valence-electron chi connectivity index (χ3n) is 5.77. The van der Waals surface area contributed by atoms with Crippen LogP contribution >= 0.6 is 11.3 Å². The maximum absolute atomic E-state index is 13.4. The molecule has 2 heterocycles. The van der Waals surface area contributed by atoms with Crippen molar-refractivity contribution in [2.45, 2.75) is 20.4 Å². The summed E-state index contributed by atoms with van der Waals surface area (Å²) in [5, 5.41) is 0. The van der Waals surface area contributed by atoms with Crippen LogP contribution in [0.25, 0.3) is 17.3 Å². The lowest BCUT2D eigenvalue weighted by Crippen LogP contribution is -2.36. The zero-order valence-corrected chi connectivity index (χ0v) is 18.0. The fourth-order valence-corrected chi connectivity index (χ4v) is 5.58. The van der Waals surface area contributed by atoms with Crippen molar-refractivity contribution < 1.29 is 9.59 Å². The molecule has 0 atom stereocenters. The molecule has 0 saturated carbocycles. The molecule has 0 saturated heterocycles. The van der Waals surface area contributed by atoms with Crippen molar-refractivity contribution in [1.82, 2.24) is 4.57 Å². The summed E-state index contributed by atoms with van der Waals surface area (Å²) in [6, 6.07) is 14.9. The van der Waals surface area contributed by atoms with Crippen LogP contribution in [0, 0.1) is 0 Å². The topological polar surface area (TPSA) is 59.4 Å². The summed E-state index contributed by atoms with van der Waals surface area (Å²) in [4.78, 5) is 41.6. The van der Waals surface area contributed by atoms with Gasteiger partial charge in [-0.15, -0.1) is 11.3 Å². The smallest absolute Gasteiger partial charge is 0.271 e. The Kier molecular flexibility index (Phi) is 4.59. The van der Waals surface area contributed by atoms with Crippen molar-refractivity contribution in [2.24, 2.45) is 0 Å². The molecule has 0 bridgehead atoms. The van der Waals surface area contributed by atoms with E-state index in [4.69, 9.17) is 0 Å². The normalized spacial score (nSPS) is 16.7. The summed E-state index contributed by atoms with van der Waals surface area (Å²) >= 11 is 1.23. The Morgan fingerprint density at radius 2 is 1.45 bits per heavy atom. The highest BCUT2D eigenvalue weighted by atomic mass is 32.1. The fourth-order valence-electron chi connectivity index (χ4n) is 4.29. The van der Waals surface area contributed by atoms with Crippen LogP contribution in [-0.4, -0.2) is 22.7 Å². The molecule has 0 fully saturated rings. The summed E-state index contributed by atoms with van der Waals surface area (Å²) in [7, 11) is 0. The van der Waals surface area contributed by atoms with Crippen molar-refractivity contribution in [3.05, 3.63) is 90.8 Å². The predicted molar refractivity (Wildman–Crippen MR) is 124 cm³/mol. The average Bonchev–Trinajstić information content (AvgIpc) is 3.26. The van der Waals surface area contributed by atoms with E-state index in [1.54, 1.807) is 28.8 Å². The highest BCUT2D eigenvalue weighted by molar-refractivity contribution is 7.08. The number of thiazole rings is 1. The minimum atomic E-state index is -0.308. The van der Waals surface area contributed by atoms with Crippen LogP contribution in [-0.2, 0) is 6.54 Å². The molecule has 3 aromatic rings. The molecule has 2 aliphatic rings. The first-order chi connectivity index (χ1) is 15.1. The van der Waals surface area contributed by atoms with Gasteiger partial charge in [0.2, 0.25) is 11.6 Å². The largest absolute Gasteiger partial charge is 0.340 e. The van der Waals surface area contributed by atoms with Crippen LogP contribution in [0.4, 0.5) is 5.69 Å². The van der Waals surface area contributed by atoms with Crippen LogP contribution in [0.3, 0.4) is 0 Å². The molecular weight excluding hydrogens is 408 g/mol. The monoisotopic (exact) mass is 428 g/mol. The van der Waals surface area contributed by atoms with Crippen LogP contribution in [0.2, 0.25) is 0 Å². The molecular formula is C25H20N2O3S. The lowest BCUT2D eigenvalue weighted by atomic mass is 10.1.